The number of hydrogen-bond donors (Lipinski definition) is 9. The Morgan fingerprint density at radius 3 is 2.10 bits per heavy atom. The topological polar surface area (TPSA) is 273 Å². The number of carbonyl (C=O) groups excluding carboxylic acids is 3. The number of aliphatic imine (C=N–C) groups is 1. The number of aliphatic hydroxyl groups excluding tert-OH is 1. The molecule has 15 nitrogen and oxygen atoms in total. The number of nitrogens with zero attached hydrogens (tertiary/aromatic N) is 1. The third-order valence-corrected chi connectivity index (χ3v) is 3.55. The smallest absolute Gasteiger partial charge is 0.328 e. The summed E-state index contributed by atoms with van der Waals surface area (Å²) in [5, 5.41) is 33.0. The lowest BCUT2D eigenvalue weighted by Crippen LogP contribution is -2.54. The maximum absolute atomic E-state index is 12.3. The Morgan fingerprint density at radius 2 is 1.60 bits per heavy atom. The van der Waals surface area contributed by atoms with Gasteiger partial charge in [-0.1, -0.05) is 0 Å². The maximum Gasteiger partial charge on any atom is 0.328 e. The highest BCUT2D eigenvalue weighted by Crippen LogP contribution is 2.00. The highest BCUT2D eigenvalue weighted by Gasteiger charge is 2.26. The van der Waals surface area contributed by atoms with Crippen LogP contribution in [0.5, 0.6) is 0 Å². The molecule has 0 aromatic heterocycles. The van der Waals surface area contributed by atoms with E-state index in [0.29, 0.717) is 0 Å². The van der Waals surface area contributed by atoms with Crippen molar-refractivity contribution in [3.05, 3.63) is 0 Å². The van der Waals surface area contributed by atoms with Crippen molar-refractivity contribution in [1.82, 2.24) is 16.0 Å². The van der Waals surface area contributed by atoms with Crippen LogP contribution in [0.15, 0.2) is 4.99 Å². The van der Waals surface area contributed by atoms with E-state index in [1.165, 1.54) is 0 Å². The molecule has 12 N–H and O–H groups in total. The minimum atomic E-state index is -1.58. The van der Waals surface area contributed by atoms with Crippen LogP contribution < -0.4 is 33.2 Å². The molecule has 0 aromatic carbocycles. The van der Waals surface area contributed by atoms with Crippen molar-refractivity contribution in [2.75, 3.05) is 19.7 Å². The molecular weight excluding hydrogens is 406 g/mol. The lowest BCUT2D eigenvalue weighted by molar-refractivity contribution is -0.143. The lowest BCUT2D eigenvalue weighted by Gasteiger charge is -2.21. The minimum Gasteiger partial charge on any atom is -0.481 e. The lowest BCUT2D eigenvalue weighted by atomic mass is 10.1. The van der Waals surface area contributed by atoms with Gasteiger partial charge in [-0.25, -0.2) is 4.79 Å². The number of aliphatic hydroxyl groups is 1. The molecule has 0 saturated heterocycles. The van der Waals surface area contributed by atoms with Gasteiger partial charge in [-0.15, -0.1) is 0 Å². The van der Waals surface area contributed by atoms with Crippen LogP contribution in [-0.4, -0.2) is 88.8 Å². The quantitative estimate of drug-likeness (QED) is 0.0710. The molecule has 0 aliphatic rings. The Bertz CT molecular complexity index is 665. The molecule has 3 unspecified atom stereocenters. The van der Waals surface area contributed by atoms with E-state index < -0.39 is 67.4 Å². The Morgan fingerprint density at radius 1 is 0.967 bits per heavy atom. The van der Waals surface area contributed by atoms with E-state index in [2.05, 4.69) is 20.9 Å². The highest BCUT2D eigenvalue weighted by molar-refractivity contribution is 5.93. The number of hydrogen-bond acceptors (Lipinski definition) is 8. The second-order valence-corrected chi connectivity index (χ2v) is 6.07. The van der Waals surface area contributed by atoms with Crippen molar-refractivity contribution >= 4 is 35.6 Å². The zero-order valence-electron chi connectivity index (χ0n) is 16.0. The van der Waals surface area contributed by atoms with Crippen molar-refractivity contribution in [1.29, 1.82) is 0 Å². The van der Waals surface area contributed by atoms with Gasteiger partial charge in [0, 0.05) is 6.54 Å². The summed E-state index contributed by atoms with van der Waals surface area (Å²) in [5.41, 5.74) is 15.7. The summed E-state index contributed by atoms with van der Waals surface area (Å²) in [5.74, 6) is -5.53. The predicted molar refractivity (Wildman–Crippen MR) is 102 cm³/mol. The van der Waals surface area contributed by atoms with E-state index in [4.69, 9.17) is 32.5 Å². The van der Waals surface area contributed by atoms with Gasteiger partial charge in [-0.05, 0) is 12.8 Å². The molecule has 15 heteroatoms. The van der Waals surface area contributed by atoms with Gasteiger partial charge in [0.05, 0.1) is 25.6 Å². The molecule has 0 bridgehead atoms. The summed E-state index contributed by atoms with van der Waals surface area (Å²) in [6.07, 6.45) is -0.386. The largest absolute Gasteiger partial charge is 0.481 e. The molecule has 0 radical (unpaired) electrons. The Labute approximate surface area is 171 Å². The summed E-state index contributed by atoms with van der Waals surface area (Å²) in [7, 11) is 0. The number of guanidine groups is 1. The fraction of sp³-hybridized carbons (Fsp3) is 0.600. The number of carbonyl (C=O) groups is 5. The van der Waals surface area contributed by atoms with Crippen LogP contribution in [-0.2, 0) is 24.0 Å². The van der Waals surface area contributed by atoms with Crippen LogP contribution in [0.25, 0.3) is 0 Å². The number of amides is 3. The molecule has 0 fully saturated rings. The zero-order chi connectivity index (χ0) is 23.3. The monoisotopic (exact) mass is 433 g/mol. The first-order valence-corrected chi connectivity index (χ1v) is 8.71. The first-order valence-electron chi connectivity index (χ1n) is 8.71. The summed E-state index contributed by atoms with van der Waals surface area (Å²) in [4.78, 5) is 61.2. The van der Waals surface area contributed by atoms with Crippen molar-refractivity contribution in [2.45, 2.75) is 37.4 Å². The van der Waals surface area contributed by atoms with Crippen molar-refractivity contribution in [2.24, 2.45) is 22.2 Å². The van der Waals surface area contributed by atoms with E-state index in [-0.39, 0.29) is 25.3 Å². The number of nitrogens with one attached hydrogen (secondary N) is 3. The van der Waals surface area contributed by atoms with Crippen LogP contribution in [0.2, 0.25) is 0 Å². The van der Waals surface area contributed by atoms with Crippen molar-refractivity contribution in [3.8, 4) is 0 Å². The summed E-state index contributed by atoms with van der Waals surface area (Å²) in [6, 6.07) is -4.16. The molecule has 0 aromatic rings. The predicted octanol–water partition coefficient (Wildman–Crippen LogP) is -5.00. The van der Waals surface area contributed by atoms with E-state index in [1.807, 2.05) is 0 Å². The van der Waals surface area contributed by atoms with Gasteiger partial charge in [0.2, 0.25) is 17.7 Å². The third-order valence-electron chi connectivity index (χ3n) is 3.55. The van der Waals surface area contributed by atoms with E-state index in [1.54, 1.807) is 0 Å². The molecule has 3 atom stereocenters. The van der Waals surface area contributed by atoms with E-state index in [0.717, 1.165) is 0 Å². The van der Waals surface area contributed by atoms with E-state index in [9.17, 15) is 24.0 Å². The third kappa shape index (κ3) is 11.4. The maximum atomic E-state index is 12.3. The van der Waals surface area contributed by atoms with Crippen LogP contribution in [0.3, 0.4) is 0 Å². The molecule has 0 heterocycles. The number of aliphatic carboxylic acids is 2. The average molecular weight is 433 g/mol. The van der Waals surface area contributed by atoms with Crippen LogP contribution in [0.4, 0.5) is 0 Å². The molecule has 0 rings (SSSR count). The minimum absolute atomic E-state index is 0.0125. The normalized spacial score (nSPS) is 13.3. The van der Waals surface area contributed by atoms with Gasteiger partial charge in [0.15, 0.2) is 5.96 Å². The van der Waals surface area contributed by atoms with Gasteiger partial charge in [0.1, 0.15) is 12.1 Å². The number of carboxylic acid groups (broad SMARTS) is 2. The van der Waals surface area contributed by atoms with Crippen LogP contribution in [0, 0.1) is 0 Å². The molecule has 0 spiro atoms. The van der Waals surface area contributed by atoms with Gasteiger partial charge < -0.3 is 48.5 Å². The molecule has 0 saturated carbocycles. The number of rotatable bonds is 14. The van der Waals surface area contributed by atoms with Gasteiger partial charge in [-0.3, -0.25) is 24.2 Å². The fourth-order valence-electron chi connectivity index (χ4n) is 2.05. The summed E-state index contributed by atoms with van der Waals surface area (Å²) in [6.45, 7) is -1.34. The fourth-order valence-corrected chi connectivity index (χ4v) is 2.05. The summed E-state index contributed by atoms with van der Waals surface area (Å²) >= 11 is 0. The van der Waals surface area contributed by atoms with Crippen LogP contribution in [0.1, 0.15) is 19.3 Å². The standard InChI is InChI=1S/C15H27N7O8/c16-7(4-11(25)26)12(27)20-5-10(24)21-8(2-1-3-19-15(17)18)13(28)22-9(6-23)14(29)30/h7-9,23H,1-6,16H2,(H,20,27)(H,21,24)(H,22,28)(H,25,26)(H,29,30)(H4,17,18,19). The Hall–Kier alpha value is -3.46. The Kier molecular flexibility index (Phi) is 12.1. The Balaban J connectivity index is 4.91. The first kappa shape index (κ1) is 26.5. The number of carboxylic acids is 2. The van der Waals surface area contributed by atoms with Gasteiger partial charge in [-0.2, -0.15) is 0 Å². The van der Waals surface area contributed by atoms with Crippen molar-refractivity contribution in [3.63, 3.8) is 0 Å². The molecule has 170 valence electrons. The zero-order valence-corrected chi connectivity index (χ0v) is 16.0. The van der Waals surface area contributed by atoms with Crippen LogP contribution >= 0.6 is 0 Å². The molecule has 0 aliphatic heterocycles. The SMILES string of the molecule is NC(N)=NCCCC(NC(=O)CNC(=O)C(N)CC(=O)O)C(=O)NC(CO)C(=O)O. The summed E-state index contributed by atoms with van der Waals surface area (Å²) < 4.78 is 0. The van der Waals surface area contributed by atoms with Gasteiger partial charge >= 0.3 is 11.9 Å². The molecule has 30 heavy (non-hydrogen) atoms. The van der Waals surface area contributed by atoms with Crippen molar-refractivity contribution < 1.29 is 39.3 Å². The molecule has 0 aliphatic carbocycles. The van der Waals surface area contributed by atoms with Gasteiger partial charge in [0.25, 0.3) is 0 Å². The first-order chi connectivity index (χ1) is 14.0. The average Bonchev–Trinajstić information content (AvgIpc) is 2.65. The second-order valence-electron chi connectivity index (χ2n) is 6.07. The second kappa shape index (κ2) is 13.7. The molecular formula is C15H27N7O8. The van der Waals surface area contributed by atoms with E-state index >= 15 is 0 Å². The highest BCUT2D eigenvalue weighted by atomic mass is 16.4. The number of nitrogens with two attached hydrogens (primary N) is 3. The molecule has 3 amide bonds.